The van der Waals surface area contributed by atoms with Crippen LogP contribution in [0.4, 0.5) is 4.39 Å². The van der Waals surface area contributed by atoms with E-state index in [0.717, 1.165) is 6.42 Å². The lowest BCUT2D eigenvalue weighted by Gasteiger charge is -1.96. The Balaban J connectivity index is 1.63. The maximum Gasteiger partial charge on any atom is 0.237 e. The minimum absolute atomic E-state index is 0.338. The Kier molecular flexibility index (Phi) is 4.71. The van der Waals surface area contributed by atoms with Crippen molar-refractivity contribution in [1.82, 2.24) is 25.3 Å². The molecule has 3 aromatic rings. The van der Waals surface area contributed by atoms with Gasteiger partial charge in [-0.15, -0.1) is 5.10 Å². The first-order valence-corrected chi connectivity index (χ1v) is 8.22. The van der Waals surface area contributed by atoms with Gasteiger partial charge in [-0.1, -0.05) is 42.9 Å². The highest BCUT2D eigenvalue weighted by Gasteiger charge is 2.12. The summed E-state index contributed by atoms with van der Waals surface area (Å²) >= 11 is 1.35. The van der Waals surface area contributed by atoms with Crippen LogP contribution in [-0.2, 0) is 12.2 Å². The van der Waals surface area contributed by atoms with E-state index in [9.17, 15) is 4.39 Å². The van der Waals surface area contributed by atoms with Crippen LogP contribution in [0.15, 0.2) is 33.9 Å². The van der Waals surface area contributed by atoms with Crippen LogP contribution in [0.25, 0.3) is 11.4 Å². The number of rotatable bonds is 6. The van der Waals surface area contributed by atoms with E-state index < -0.39 is 0 Å². The molecular weight excluding hydrogens is 317 g/mol. The quantitative estimate of drug-likeness (QED) is 0.696. The van der Waals surface area contributed by atoms with E-state index in [2.05, 4.69) is 39.2 Å². The SMILES string of the molecule is CC(C)Cc1noc(CSc2n[nH]c(-c3ccccc3F)n2)n1. The summed E-state index contributed by atoms with van der Waals surface area (Å²) < 4.78 is 18.9. The second-order valence-electron chi connectivity index (χ2n) is 5.44. The highest BCUT2D eigenvalue weighted by Crippen LogP contribution is 2.23. The summed E-state index contributed by atoms with van der Waals surface area (Å²) in [4.78, 5) is 8.60. The number of hydrogen-bond acceptors (Lipinski definition) is 6. The van der Waals surface area contributed by atoms with Gasteiger partial charge in [-0.3, -0.25) is 5.10 Å². The normalized spacial score (nSPS) is 11.3. The Labute approximate surface area is 136 Å². The van der Waals surface area contributed by atoms with E-state index in [0.29, 0.717) is 39.9 Å². The summed E-state index contributed by atoms with van der Waals surface area (Å²) in [5.74, 6) is 2.25. The third kappa shape index (κ3) is 3.95. The first-order chi connectivity index (χ1) is 11.1. The summed E-state index contributed by atoms with van der Waals surface area (Å²) in [6.45, 7) is 4.20. The first kappa shape index (κ1) is 15.7. The van der Waals surface area contributed by atoms with Gasteiger partial charge in [-0.05, 0) is 18.1 Å². The van der Waals surface area contributed by atoms with E-state index in [1.54, 1.807) is 18.2 Å². The summed E-state index contributed by atoms with van der Waals surface area (Å²) in [5.41, 5.74) is 0.392. The maximum absolute atomic E-state index is 13.7. The fraction of sp³-hybridized carbons (Fsp3) is 0.333. The molecule has 6 nitrogen and oxygen atoms in total. The van der Waals surface area contributed by atoms with Gasteiger partial charge in [0.2, 0.25) is 11.0 Å². The maximum atomic E-state index is 13.7. The molecule has 0 aliphatic carbocycles. The summed E-state index contributed by atoms with van der Waals surface area (Å²) in [6, 6.07) is 6.43. The standard InChI is InChI=1S/C15H16FN5OS/c1-9(2)7-12-17-13(22-21-12)8-23-15-18-14(19-20-15)10-5-3-4-6-11(10)16/h3-6,9H,7-8H2,1-2H3,(H,18,19,20). The molecule has 1 N–H and O–H groups in total. The summed E-state index contributed by atoms with van der Waals surface area (Å²) in [6.07, 6.45) is 0.784. The van der Waals surface area contributed by atoms with Crippen molar-refractivity contribution in [2.45, 2.75) is 31.2 Å². The van der Waals surface area contributed by atoms with Crippen LogP contribution >= 0.6 is 11.8 Å². The number of hydrogen-bond donors (Lipinski definition) is 1. The second-order valence-corrected chi connectivity index (χ2v) is 6.38. The fourth-order valence-electron chi connectivity index (χ4n) is 2.01. The van der Waals surface area contributed by atoms with Gasteiger partial charge in [0.05, 0.1) is 11.3 Å². The summed E-state index contributed by atoms with van der Waals surface area (Å²) in [5, 5.41) is 11.3. The largest absolute Gasteiger partial charge is 0.338 e. The smallest absolute Gasteiger partial charge is 0.237 e. The molecule has 1 aromatic carbocycles. The molecule has 0 unspecified atom stereocenters. The molecule has 0 aliphatic heterocycles. The van der Waals surface area contributed by atoms with Gasteiger partial charge in [-0.25, -0.2) is 9.37 Å². The molecule has 0 saturated heterocycles. The van der Waals surface area contributed by atoms with Crippen LogP contribution in [0.3, 0.4) is 0 Å². The minimum atomic E-state index is -0.338. The topological polar surface area (TPSA) is 80.5 Å². The number of thioether (sulfide) groups is 1. The molecule has 3 rings (SSSR count). The Bertz CT molecular complexity index is 786. The van der Waals surface area contributed by atoms with Crippen molar-refractivity contribution in [1.29, 1.82) is 0 Å². The van der Waals surface area contributed by atoms with Gasteiger partial charge in [0.1, 0.15) is 5.82 Å². The second kappa shape index (κ2) is 6.91. The molecule has 0 bridgehead atoms. The van der Waals surface area contributed by atoms with Gasteiger partial charge < -0.3 is 4.52 Å². The Morgan fingerprint density at radius 2 is 2.09 bits per heavy atom. The molecule has 0 amide bonds. The van der Waals surface area contributed by atoms with E-state index >= 15 is 0 Å². The predicted molar refractivity (Wildman–Crippen MR) is 84.2 cm³/mol. The highest BCUT2D eigenvalue weighted by molar-refractivity contribution is 7.98. The molecule has 8 heteroatoms. The molecular formula is C15H16FN5OS. The van der Waals surface area contributed by atoms with Crippen LogP contribution in [0.2, 0.25) is 0 Å². The Morgan fingerprint density at radius 3 is 2.87 bits per heavy atom. The zero-order chi connectivity index (χ0) is 16.2. The van der Waals surface area contributed by atoms with Crippen LogP contribution in [0, 0.1) is 11.7 Å². The monoisotopic (exact) mass is 333 g/mol. The first-order valence-electron chi connectivity index (χ1n) is 7.23. The number of halogens is 1. The third-order valence-electron chi connectivity index (χ3n) is 3.02. The number of nitrogens with one attached hydrogen (secondary N) is 1. The average Bonchev–Trinajstić information content (AvgIpc) is 3.14. The average molecular weight is 333 g/mol. The van der Waals surface area contributed by atoms with Gasteiger partial charge in [0.25, 0.3) is 0 Å². The van der Waals surface area contributed by atoms with Crippen LogP contribution < -0.4 is 0 Å². The van der Waals surface area contributed by atoms with Gasteiger partial charge in [0.15, 0.2) is 11.6 Å². The van der Waals surface area contributed by atoms with Crippen molar-refractivity contribution in [3.8, 4) is 11.4 Å². The molecule has 0 fully saturated rings. The molecule has 0 atom stereocenters. The Hall–Kier alpha value is -2.22. The molecule has 0 spiro atoms. The Morgan fingerprint density at radius 1 is 1.26 bits per heavy atom. The lowest BCUT2D eigenvalue weighted by molar-refractivity contribution is 0.382. The van der Waals surface area contributed by atoms with E-state index in [1.165, 1.54) is 17.8 Å². The van der Waals surface area contributed by atoms with Crippen LogP contribution in [0.1, 0.15) is 25.6 Å². The van der Waals surface area contributed by atoms with Gasteiger partial charge in [0, 0.05) is 6.42 Å². The molecule has 2 aromatic heterocycles. The number of nitrogens with zero attached hydrogens (tertiary/aromatic N) is 4. The molecule has 0 saturated carbocycles. The van der Waals surface area contributed by atoms with Crippen molar-refractivity contribution in [2.24, 2.45) is 5.92 Å². The number of aromatic amines is 1. The van der Waals surface area contributed by atoms with Crippen LogP contribution in [-0.4, -0.2) is 25.3 Å². The zero-order valence-corrected chi connectivity index (χ0v) is 13.6. The van der Waals surface area contributed by atoms with Gasteiger partial charge in [-0.2, -0.15) is 4.98 Å². The summed E-state index contributed by atoms with van der Waals surface area (Å²) in [7, 11) is 0. The van der Waals surface area contributed by atoms with Crippen molar-refractivity contribution in [3.63, 3.8) is 0 Å². The zero-order valence-electron chi connectivity index (χ0n) is 12.8. The number of aromatic nitrogens is 5. The number of H-pyrrole nitrogens is 1. The van der Waals surface area contributed by atoms with E-state index in [1.807, 2.05) is 0 Å². The lowest BCUT2D eigenvalue weighted by atomic mass is 10.1. The van der Waals surface area contributed by atoms with Crippen molar-refractivity contribution >= 4 is 11.8 Å². The molecule has 120 valence electrons. The minimum Gasteiger partial charge on any atom is -0.338 e. The van der Waals surface area contributed by atoms with Crippen molar-refractivity contribution in [2.75, 3.05) is 0 Å². The molecule has 23 heavy (non-hydrogen) atoms. The molecule has 2 heterocycles. The van der Waals surface area contributed by atoms with Crippen molar-refractivity contribution < 1.29 is 8.91 Å². The molecule has 0 aliphatic rings. The molecule has 0 radical (unpaired) electrons. The predicted octanol–water partition coefficient (Wildman–Crippen LogP) is 3.48. The van der Waals surface area contributed by atoms with Crippen molar-refractivity contribution in [3.05, 3.63) is 41.8 Å². The van der Waals surface area contributed by atoms with E-state index in [-0.39, 0.29) is 5.82 Å². The number of benzene rings is 1. The van der Waals surface area contributed by atoms with Crippen LogP contribution in [0.5, 0.6) is 0 Å². The fourth-order valence-corrected chi connectivity index (χ4v) is 2.64. The highest BCUT2D eigenvalue weighted by atomic mass is 32.2. The van der Waals surface area contributed by atoms with E-state index in [4.69, 9.17) is 4.52 Å². The third-order valence-corrected chi connectivity index (χ3v) is 3.85. The van der Waals surface area contributed by atoms with Gasteiger partial charge >= 0.3 is 0 Å². The lowest BCUT2D eigenvalue weighted by Crippen LogP contribution is -1.96.